The molecule has 1 amide bonds. The molecule has 1 aliphatic rings. The van der Waals surface area contributed by atoms with Crippen molar-refractivity contribution in [3.05, 3.63) is 106 Å². The van der Waals surface area contributed by atoms with Gasteiger partial charge >= 0.3 is 0 Å². The average Bonchev–Trinajstić information content (AvgIpc) is 3.02. The summed E-state index contributed by atoms with van der Waals surface area (Å²) in [6.07, 6.45) is 1.62. The van der Waals surface area contributed by atoms with Gasteiger partial charge in [-0.25, -0.2) is 4.98 Å². The predicted octanol–water partition coefficient (Wildman–Crippen LogP) is 3.94. The summed E-state index contributed by atoms with van der Waals surface area (Å²) in [5.74, 6) is 0.199. The molecule has 0 saturated heterocycles. The summed E-state index contributed by atoms with van der Waals surface area (Å²) in [5, 5.41) is 0.466. The molecule has 5 nitrogen and oxygen atoms in total. The number of amides is 1. The fraction of sp³-hybridized carbons (Fsp3) is 0.0455. The third kappa shape index (κ3) is 2.29. The highest BCUT2D eigenvalue weighted by Gasteiger charge is 2.44. The molecule has 1 atom stereocenters. The van der Waals surface area contributed by atoms with Gasteiger partial charge in [-0.1, -0.05) is 48.5 Å². The molecule has 1 unspecified atom stereocenters. The van der Waals surface area contributed by atoms with E-state index < -0.39 is 6.04 Å². The Morgan fingerprint density at radius 3 is 2.37 bits per heavy atom. The van der Waals surface area contributed by atoms with Crippen LogP contribution < -0.4 is 10.3 Å². The average molecular weight is 354 g/mol. The molecule has 27 heavy (non-hydrogen) atoms. The second kappa shape index (κ2) is 5.92. The number of para-hydroxylation sites is 1. The van der Waals surface area contributed by atoms with Gasteiger partial charge in [0.1, 0.15) is 11.4 Å². The van der Waals surface area contributed by atoms with Gasteiger partial charge in [0.2, 0.25) is 5.76 Å². The van der Waals surface area contributed by atoms with Crippen LogP contribution in [0.4, 0.5) is 5.82 Å². The molecule has 0 bridgehead atoms. The molecule has 2 aromatic heterocycles. The second-order valence-electron chi connectivity index (χ2n) is 6.35. The fourth-order valence-corrected chi connectivity index (χ4v) is 3.60. The normalized spacial score (nSPS) is 15.9. The predicted molar refractivity (Wildman–Crippen MR) is 102 cm³/mol. The van der Waals surface area contributed by atoms with Gasteiger partial charge in [0.25, 0.3) is 5.91 Å². The van der Waals surface area contributed by atoms with Crippen molar-refractivity contribution in [1.29, 1.82) is 0 Å². The lowest BCUT2D eigenvalue weighted by Gasteiger charge is -2.24. The summed E-state index contributed by atoms with van der Waals surface area (Å²) in [5.41, 5.74) is 1.41. The highest BCUT2D eigenvalue weighted by atomic mass is 16.3. The minimum Gasteiger partial charge on any atom is -0.450 e. The van der Waals surface area contributed by atoms with Crippen LogP contribution in [0, 0.1) is 0 Å². The molecule has 5 rings (SSSR count). The topological polar surface area (TPSA) is 63.4 Å². The van der Waals surface area contributed by atoms with E-state index in [0.717, 1.165) is 5.56 Å². The maximum absolute atomic E-state index is 13.3. The molecule has 0 radical (unpaired) electrons. The summed E-state index contributed by atoms with van der Waals surface area (Å²) < 4.78 is 5.88. The van der Waals surface area contributed by atoms with Gasteiger partial charge in [-0.05, 0) is 29.8 Å². The van der Waals surface area contributed by atoms with Gasteiger partial charge in [-0.3, -0.25) is 14.5 Å². The van der Waals surface area contributed by atoms with Gasteiger partial charge in [0, 0.05) is 6.20 Å². The van der Waals surface area contributed by atoms with Crippen molar-refractivity contribution in [2.45, 2.75) is 6.04 Å². The van der Waals surface area contributed by atoms with Crippen LogP contribution in [0.2, 0.25) is 0 Å². The number of carbonyl (C=O) groups excluding carboxylic acids is 1. The molecule has 4 aromatic rings. The number of hydrogen-bond donors (Lipinski definition) is 0. The number of rotatable bonds is 2. The van der Waals surface area contributed by atoms with Crippen LogP contribution in [0.1, 0.15) is 27.7 Å². The van der Waals surface area contributed by atoms with E-state index in [-0.39, 0.29) is 17.1 Å². The molecular formula is C22H14N2O3. The molecule has 1 aliphatic heterocycles. The van der Waals surface area contributed by atoms with E-state index in [9.17, 15) is 9.59 Å². The number of anilines is 1. The maximum atomic E-state index is 13.3. The van der Waals surface area contributed by atoms with E-state index in [1.54, 1.807) is 42.6 Å². The smallest absolute Gasteiger partial charge is 0.296 e. The lowest BCUT2D eigenvalue weighted by atomic mass is 9.98. The van der Waals surface area contributed by atoms with Crippen molar-refractivity contribution in [2.75, 3.05) is 4.90 Å². The number of carbonyl (C=O) groups is 1. The Hall–Kier alpha value is -3.73. The van der Waals surface area contributed by atoms with Crippen molar-refractivity contribution in [1.82, 2.24) is 4.98 Å². The van der Waals surface area contributed by atoms with E-state index in [0.29, 0.717) is 22.4 Å². The number of nitrogens with zero attached hydrogens (tertiary/aromatic N) is 2. The molecule has 0 N–H and O–H groups in total. The van der Waals surface area contributed by atoms with Gasteiger partial charge < -0.3 is 4.42 Å². The van der Waals surface area contributed by atoms with Gasteiger partial charge in [-0.15, -0.1) is 0 Å². The van der Waals surface area contributed by atoms with E-state index in [2.05, 4.69) is 4.98 Å². The Balaban J connectivity index is 1.84. The SMILES string of the molecule is O=C1c2oc3ccccc3c(=O)c2C(c2ccccc2)N1c1ccccn1. The molecule has 0 spiro atoms. The first-order valence-corrected chi connectivity index (χ1v) is 8.61. The largest absolute Gasteiger partial charge is 0.450 e. The molecule has 0 saturated carbocycles. The number of hydrogen-bond acceptors (Lipinski definition) is 4. The highest BCUT2D eigenvalue weighted by Crippen LogP contribution is 2.40. The first-order valence-electron chi connectivity index (χ1n) is 8.61. The zero-order valence-corrected chi connectivity index (χ0v) is 14.2. The van der Waals surface area contributed by atoms with Crippen molar-refractivity contribution >= 4 is 22.7 Å². The van der Waals surface area contributed by atoms with E-state index >= 15 is 0 Å². The first-order chi connectivity index (χ1) is 13.3. The summed E-state index contributed by atoms with van der Waals surface area (Å²) in [7, 11) is 0. The van der Waals surface area contributed by atoms with Gasteiger partial charge in [-0.2, -0.15) is 0 Å². The summed E-state index contributed by atoms with van der Waals surface area (Å²) in [4.78, 5) is 32.4. The van der Waals surface area contributed by atoms with E-state index in [1.807, 2.05) is 36.4 Å². The van der Waals surface area contributed by atoms with Crippen LogP contribution in [0.3, 0.4) is 0 Å². The number of aromatic nitrogens is 1. The Bertz CT molecular complexity index is 1220. The van der Waals surface area contributed by atoms with Crippen LogP contribution >= 0.6 is 0 Å². The highest BCUT2D eigenvalue weighted by molar-refractivity contribution is 6.10. The van der Waals surface area contributed by atoms with Crippen LogP contribution in [0.25, 0.3) is 11.0 Å². The fourth-order valence-electron chi connectivity index (χ4n) is 3.60. The maximum Gasteiger partial charge on any atom is 0.296 e. The molecule has 3 heterocycles. The van der Waals surface area contributed by atoms with Crippen LogP contribution in [-0.4, -0.2) is 10.9 Å². The molecule has 5 heteroatoms. The lowest BCUT2D eigenvalue weighted by Crippen LogP contribution is -2.30. The Labute approximate surface area is 154 Å². The van der Waals surface area contributed by atoms with Crippen molar-refractivity contribution in [2.24, 2.45) is 0 Å². The standard InChI is InChI=1S/C22H14N2O3/c25-20-15-10-4-5-11-16(15)27-21-18(20)19(14-8-2-1-3-9-14)24(22(21)26)17-12-6-7-13-23-17/h1-13,19H. The molecule has 0 fully saturated rings. The van der Waals surface area contributed by atoms with Crippen LogP contribution in [0.5, 0.6) is 0 Å². The lowest BCUT2D eigenvalue weighted by molar-refractivity contribution is 0.0970. The first kappa shape index (κ1) is 15.5. The summed E-state index contributed by atoms with van der Waals surface area (Å²) in [6, 6.07) is 21.2. The second-order valence-corrected chi connectivity index (χ2v) is 6.35. The third-order valence-corrected chi connectivity index (χ3v) is 4.79. The zero-order chi connectivity index (χ0) is 18.4. The van der Waals surface area contributed by atoms with E-state index in [4.69, 9.17) is 4.42 Å². The van der Waals surface area contributed by atoms with Crippen molar-refractivity contribution < 1.29 is 9.21 Å². The number of benzene rings is 2. The quantitative estimate of drug-likeness (QED) is 0.547. The van der Waals surface area contributed by atoms with Gasteiger partial charge in [0.15, 0.2) is 5.43 Å². The number of pyridine rings is 1. The molecule has 0 aliphatic carbocycles. The van der Waals surface area contributed by atoms with E-state index in [1.165, 1.54) is 4.90 Å². The summed E-state index contributed by atoms with van der Waals surface area (Å²) >= 11 is 0. The van der Waals surface area contributed by atoms with Crippen LogP contribution in [0.15, 0.2) is 88.2 Å². The number of fused-ring (bicyclic) bond motifs is 2. The Kier molecular flexibility index (Phi) is 3.40. The molecule has 2 aromatic carbocycles. The minimum atomic E-state index is -0.579. The van der Waals surface area contributed by atoms with Crippen molar-refractivity contribution in [3.63, 3.8) is 0 Å². The van der Waals surface area contributed by atoms with Crippen LogP contribution in [-0.2, 0) is 0 Å². The summed E-state index contributed by atoms with van der Waals surface area (Å²) in [6.45, 7) is 0. The molecular weight excluding hydrogens is 340 g/mol. The minimum absolute atomic E-state index is 0.0817. The monoisotopic (exact) mass is 354 g/mol. The zero-order valence-electron chi connectivity index (χ0n) is 14.2. The van der Waals surface area contributed by atoms with Crippen molar-refractivity contribution in [3.8, 4) is 0 Å². The molecule has 130 valence electrons. The Morgan fingerprint density at radius 1 is 0.852 bits per heavy atom. The third-order valence-electron chi connectivity index (χ3n) is 4.79. The Morgan fingerprint density at radius 2 is 1.59 bits per heavy atom. The van der Waals surface area contributed by atoms with Gasteiger partial charge in [0.05, 0.1) is 17.0 Å².